The van der Waals surface area contributed by atoms with Crippen molar-refractivity contribution < 1.29 is 9.53 Å². The number of hydrogen-bond acceptors (Lipinski definition) is 2. The van der Waals surface area contributed by atoms with Crippen molar-refractivity contribution in [3.63, 3.8) is 0 Å². The van der Waals surface area contributed by atoms with Crippen molar-refractivity contribution in [2.75, 3.05) is 7.11 Å². The normalized spacial score (nSPS) is 11.3. The summed E-state index contributed by atoms with van der Waals surface area (Å²) in [6.45, 7) is 5.45. The molecule has 0 aliphatic rings. The molecule has 0 unspecified atom stereocenters. The Bertz CT molecular complexity index is 383. The molecule has 0 N–H and O–H groups in total. The highest BCUT2D eigenvalue weighted by Crippen LogP contribution is 2.31. The maximum Gasteiger partial charge on any atom is 0.139 e. The van der Waals surface area contributed by atoms with Crippen molar-refractivity contribution >= 4 is 21.7 Å². The highest BCUT2D eigenvalue weighted by molar-refractivity contribution is 9.10. The third-order valence-corrected chi connectivity index (χ3v) is 3.37. The SMILES string of the molecule is COc1ccc(C(C)(C)C(C)=O)cc1Br. The molecule has 1 aromatic rings. The molecule has 15 heavy (non-hydrogen) atoms. The molecular formula is C12H15BrO2. The van der Waals surface area contributed by atoms with Crippen LogP contribution in [0.15, 0.2) is 22.7 Å². The molecule has 1 aromatic carbocycles. The molecule has 0 saturated carbocycles. The molecule has 0 saturated heterocycles. The Kier molecular flexibility index (Phi) is 3.55. The van der Waals surface area contributed by atoms with Crippen LogP contribution in [0.3, 0.4) is 0 Å². The van der Waals surface area contributed by atoms with Gasteiger partial charge in [-0.3, -0.25) is 4.79 Å². The number of halogens is 1. The van der Waals surface area contributed by atoms with Crippen LogP contribution in [0.25, 0.3) is 0 Å². The van der Waals surface area contributed by atoms with Gasteiger partial charge in [0.2, 0.25) is 0 Å². The Morgan fingerprint density at radius 1 is 1.40 bits per heavy atom. The summed E-state index contributed by atoms with van der Waals surface area (Å²) >= 11 is 3.41. The van der Waals surface area contributed by atoms with Gasteiger partial charge in [-0.05, 0) is 54.4 Å². The second-order valence-electron chi connectivity index (χ2n) is 4.03. The topological polar surface area (TPSA) is 26.3 Å². The molecule has 3 heteroatoms. The number of hydrogen-bond donors (Lipinski definition) is 0. The van der Waals surface area contributed by atoms with Gasteiger partial charge in [-0.15, -0.1) is 0 Å². The molecule has 0 atom stereocenters. The summed E-state index contributed by atoms with van der Waals surface area (Å²) in [7, 11) is 1.62. The van der Waals surface area contributed by atoms with Crippen molar-refractivity contribution in [2.24, 2.45) is 0 Å². The van der Waals surface area contributed by atoms with Gasteiger partial charge in [-0.2, -0.15) is 0 Å². The lowest BCUT2D eigenvalue weighted by atomic mass is 9.81. The first-order valence-electron chi connectivity index (χ1n) is 4.74. The zero-order chi connectivity index (χ0) is 11.6. The van der Waals surface area contributed by atoms with E-state index in [0.29, 0.717) is 0 Å². The van der Waals surface area contributed by atoms with E-state index in [1.54, 1.807) is 14.0 Å². The van der Waals surface area contributed by atoms with Crippen LogP contribution in [0.2, 0.25) is 0 Å². The number of rotatable bonds is 3. The van der Waals surface area contributed by atoms with E-state index in [0.717, 1.165) is 15.8 Å². The van der Waals surface area contributed by atoms with Gasteiger partial charge >= 0.3 is 0 Å². The smallest absolute Gasteiger partial charge is 0.139 e. The van der Waals surface area contributed by atoms with Gasteiger partial charge in [0.25, 0.3) is 0 Å². The van der Waals surface area contributed by atoms with Gasteiger partial charge in [0.05, 0.1) is 11.6 Å². The van der Waals surface area contributed by atoms with E-state index >= 15 is 0 Å². The van der Waals surface area contributed by atoms with Crippen molar-refractivity contribution in [1.82, 2.24) is 0 Å². The van der Waals surface area contributed by atoms with Gasteiger partial charge in [0.15, 0.2) is 0 Å². The van der Waals surface area contributed by atoms with E-state index in [-0.39, 0.29) is 5.78 Å². The summed E-state index contributed by atoms with van der Waals surface area (Å²) in [6, 6.07) is 5.72. The second-order valence-corrected chi connectivity index (χ2v) is 4.88. The van der Waals surface area contributed by atoms with Crippen molar-refractivity contribution in [2.45, 2.75) is 26.2 Å². The Labute approximate surface area is 98.8 Å². The minimum atomic E-state index is -0.450. The van der Waals surface area contributed by atoms with E-state index in [9.17, 15) is 4.79 Å². The Balaban J connectivity index is 3.18. The standard InChI is InChI=1S/C12H15BrO2/c1-8(14)12(2,3)9-5-6-11(15-4)10(13)7-9/h5-7H,1-4H3. The molecule has 0 aliphatic carbocycles. The number of benzene rings is 1. The van der Waals surface area contributed by atoms with E-state index in [2.05, 4.69) is 15.9 Å². The molecule has 0 amide bonds. The fraction of sp³-hybridized carbons (Fsp3) is 0.417. The molecule has 0 bridgehead atoms. The minimum absolute atomic E-state index is 0.152. The zero-order valence-corrected chi connectivity index (χ0v) is 11.0. The highest BCUT2D eigenvalue weighted by atomic mass is 79.9. The van der Waals surface area contributed by atoms with Gasteiger partial charge in [-0.25, -0.2) is 0 Å². The van der Waals surface area contributed by atoms with Crippen LogP contribution in [-0.2, 0) is 10.2 Å². The number of methoxy groups -OCH3 is 1. The molecule has 1 rings (SSSR count). The molecule has 0 spiro atoms. The third-order valence-electron chi connectivity index (χ3n) is 2.75. The number of ketones is 1. The van der Waals surface area contributed by atoms with Crippen LogP contribution in [0.1, 0.15) is 26.3 Å². The summed E-state index contributed by atoms with van der Waals surface area (Å²) in [5.41, 5.74) is 0.539. The zero-order valence-electron chi connectivity index (χ0n) is 9.43. The lowest BCUT2D eigenvalue weighted by molar-refractivity contribution is -0.121. The fourth-order valence-corrected chi connectivity index (χ4v) is 1.80. The molecule has 0 heterocycles. The predicted molar refractivity (Wildman–Crippen MR) is 64.4 cm³/mol. The lowest BCUT2D eigenvalue weighted by Gasteiger charge is -2.22. The second kappa shape index (κ2) is 4.35. The average Bonchev–Trinajstić information content (AvgIpc) is 2.17. The van der Waals surface area contributed by atoms with E-state index in [1.165, 1.54) is 0 Å². The molecule has 82 valence electrons. The maximum atomic E-state index is 11.5. The Hall–Kier alpha value is -0.830. The molecule has 2 nitrogen and oxygen atoms in total. The van der Waals surface area contributed by atoms with Gasteiger partial charge in [-0.1, -0.05) is 6.07 Å². The van der Waals surface area contributed by atoms with Crippen molar-refractivity contribution in [3.8, 4) is 5.75 Å². The summed E-state index contributed by atoms with van der Waals surface area (Å²) in [4.78, 5) is 11.5. The molecule has 0 radical (unpaired) electrons. The van der Waals surface area contributed by atoms with Crippen LogP contribution in [0.5, 0.6) is 5.75 Å². The molecule has 0 aromatic heterocycles. The predicted octanol–water partition coefficient (Wildman–Crippen LogP) is 3.32. The summed E-state index contributed by atoms with van der Waals surface area (Å²) in [5.74, 6) is 0.928. The van der Waals surface area contributed by atoms with Gasteiger partial charge in [0.1, 0.15) is 11.5 Å². The third kappa shape index (κ3) is 2.40. The first kappa shape index (κ1) is 12.2. The van der Waals surface area contributed by atoms with Crippen LogP contribution < -0.4 is 4.74 Å². The number of carbonyl (C=O) groups excluding carboxylic acids is 1. The quantitative estimate of drug-likeness (QED) is 0.842. The summed E-state index contributed by atoms with van der Waals surface area (Å²) in [6.07, 6.45) is 0. The first-order chi connectivity index (χ1) is 6.89. The number of ether oxygens (including phenoxy) is 1. The number of Topliss-reactive ketones (excluding diaryl/α,β-unsaturated/α-hetero) is 1. The average molecular weight is 271 g/mol. The van der Waals surface area contributed by atoms with Crippen molar-refractivity contribution in [1.29, 1.82) is 0 Å². The Morgan fingerprint density at radius 2 is 2.00 bits per heavy atom. The van der Waals surface area contributed by atoms with Crippen LogP contribution in [0.4, 0.5) is 0 Å². The lowest BCUT2D eigenvalue weighted by Crippen LogP contribution is -2.26. The monoisotopic (exact) mass is 270 g/mol. The Morgan fingerprint density at radius 3 is 2.40 bits per heavy atom. The van der Waals surface area contributed by atoms with Crippen LogP contribution in [0, 0.1) is 0 Å². The summed E-state index contributed by atoms with van der Waals surface area (Å²) in [5, 5.41) is 0. The molecule has 0 fully saturated rings. The van der Waals surface area contributed by atoms with E-state index in [1.807, 2.05) is 32.0 Å². The fourth-order valence-electron chi connectivity index (χ4n) is 1.26. The maximum absolute atomic E-state index is 11.5. The molecular weight excluding hydrogens is 256 g/mol. The van der Waals surface area contributed by atoms with Crippen LogP contribution >= 0.6 is 15.9 Å². The minimum Gasteiger partial charge on any atom is -0.496 e. The van der Waals surface area contributed by atoms with E-state index in [4.69, 9.17) is 4.74 Å². The van der Waals surface area contributed by atoms with Gasteiger partial charge in [0, 0.05) is 5.41 Å². The first-order valence-corrected chi connectivity index (χ1v) is 5.54. The van der Waals surface area contributed by atoms with Crippen LogP contribution in [-0.4, -0.2) is 12.9 Å². The van der Waals surface area contributed by atoms with Crippen molar-refractivity contribution in [3.05, 3.63) is 28.2 Å². The van der Waals surface area contributed by atoms with Gasteiger partial charge < -0.3 is 4.74 Å². The number of carbonyl (C=O) groups is 1. The summed E-state index contributed by atoms with van der Waals surface area (Å²) < 4.78 is 6.01. The van der Waals surface area contributed by atoms with E-state index < -0.39 is 5.41 Å². The highest BCUT2D eigenvalue weighted by Gasteiger charge is 2.26. The largest absolute Gasteiger partial charge is 0.496 e. The molecule has 0 aliphatic heterocycles.